The summed E-state index contributed by atoms with van der Waals surface area (Å²) < 4.78 is 30.5. The summed E-state index contributed by atoms with van der Waals surface area (Å²) in [6.45, 7) is 0.732. The molecule has 1 aromatic heterocycles. The van der Waals surface area contributed by atoms with Crippen molar-refractivity contribution in [2.45, 2.75) is 36.1 Å². The molecule has 0 saturated heterocycles. The van der Waals surface area contributed by atoms with Gasteiger partial charge in [0.15, 0.2) is 9.84 Å². The van der Waals surface area contributed by atoms with Gasteiger partial charge < -0.3 is 24.8 Å². The number of sulfone groups is 1. The Kier molecular flexibility index (Phi) is 5.85. The van der Waals surface area contributed by atoms with Gasteiger partial charge in [-0.05, 0) is 30.7 Å². The highest BCUT2D eigenvalue weighted by atomic mass is 32.2. The molecule has 148 valence electrons. The van der Waals surface area contributed by atoms with Crippen LogP contribution in [0.3, 0.4) is 0 Å². The smallest absolute Gasteiger partial charge is 0.175 e. The van der Waals surface area contributed by atoms with Gasteiger partial charge in [-0.25, -0.2) is 13.4 Å². The standard InChI is InChI=1S/C18H25N3O5S/c1-21-8-7-19-16(21)10-20-15-9-12(17(22)18(15)23)11-26-13-3-5-14(6-4-13)27(2,24)25/h3-8,12,15,17-18,20,22-23H,9-11H2,1-2H3. The van der Waals surface area contributed by atoms with Gasteiger partial charge in [0.2, 0.25) is 0 Å². The molecule has 4 atom stereocenters. The Morgan fingerprint density at radius 1 is 1.26 bits per heavy atom. The third-order valence-electron chi connectivity index (χ3n) is 4.96. The zero-order chi connectivity index (χ0) is 19.6. The van der Waals surface area contributed by atoms with Crippen LogP contribution < -0.4 is 10.1 Å². The van der Waals surface area contributed by atoms with Crippen LogP contribution in [0.4, 0.5) is 0 Å². The van der Waals surface area contributed by atoms with Crippen molar-refractivity contribution >= 4 is 9.84 Å². The predicted octanol–water partition coefficient (Wildman–Crippen LogP) is 0.103. The van der Waals surface area contributed by atoms with E-state index in [2.05, 4.69) is 10.3 Å². The van der Waals surface area contributed by atoms with E-state index in [4.69, 9.17) is 4.74 Å². The van der Waals surface area contributed by atoms with E-state index in [1.165, 1.54) is 12.1 Å². The van der Waals surface area contributed by atoms with Gasteiger partial charge in [0, 0.05) is 37.7 Å². The molecular formula is C18H25N3O5S. The number of rotatable bonds is 7. The number of nitrogens with one attached hydrogen (secondary N) is 1. The minimum Gasteiger partial charge on any atom is -0.493 e. The number of imidazole rings is 1. The number of hydrogen-bond acceptors (Lipinski definition) is 7. The molecule has 1 aromatic carbocycles. The number of nitrogens with zero attached hydrogens (tertiary/aromatic N) is 2. The summed E-state index contributed by atoms with van der Waals surface area (Å²) in [6.07, 6.45) is 3.50. The molecule has 9 heteroatoms. The fourth-order valence-corrected chi connectivity index (χ4v) is 3.90. The van der Waals surface area contributed by atoms with Gasteiger partial charge in [-0.3, -0.25) is 0 Å². The monoisotopic (exact) mass is 395 g/mol. The van der Waals surface area contributed by atoms with Crippen molar-refractivity contribution in [3.8, 4) is 5.75 Å². The molecule has 1 aliphatic rings. The van der Waals surface area contributed by atoms with E-state index in [-0.39, 0.29) is 23.5 Å². The third kappa shape index (κ3) is 4.67. The lowest BCUT2D eigenvalue weighted by atomic mass is 10.1. The highest BCUT2D eigenvalue weighted by Crippen LogP contribution is 2.28. The van der Waals surface area contributed by atoms with E-state index in [9.17, 15) is 18.6 Å². The van der Waals surface area contributed by atoms with Gasteiger partial charge in [-0.2, -0.15) is 0 Å². The molecule has 1 fully saturated rings. The summed E-state index contributed by atoms with van der Waals surface area (Å²) >= 11 is 0. The van der Waals surface area contributed by atoms with Gasteiger partial charge in [0.05, 0.1) is 30.3 Å². The highest BCUT2D eigenvalue weighted by Gasteiger charge is 2.41. The molecule has 0 aliphatic heterocycles. The molecule has 1 aliphatic carbocycles. The van der Waals surface area contributed by atoms with Gasteiger partial charge in [-0.15, -0.1) is 0 Å². The molecule has 0 bridgehead atoms. The molecule has 8 nitrogen and oxygen atoms in total. The quantitative estimate of drug-likeness (QED) is 0.609. The summed E-state index contributed by atoms with van der Waals surface area (Å²) in [6, 6.07) is 5.90. The fourth-order valence-electron chi connectivity index (χ4n) is 3.27. The highest BCUT2D eigenvalue weighted by molar-refractivity contribution is 7.90. The first-order valence-corrected chi connectivity index (χ1v) is 10.6. The van der Waals surface area contributed by atoms with Crippen LogP contribution in [0.1, 0.15) is 12.2 Å². The van der Waals surface area contributed by atoms with Crippen molar-refractivity contribution in [3.63, 3.8) is 0 Å². The number of aryl methyl sites for hydroxylation is 1. The van der Waals surface area contributed by atoms with Crippen LogP contribution in [0.25, 0.3) is 0 Å². The van der Waals surface area contributed by atoms with E-state index in [0.29, 0.717) is 18.7 Å². The Morgan fingerprint density at radius 3 is 2.56 bits per heavy atom. The van der Waals surface area contributed by atoms with Gasteiger partial charge in [-0.1, -0.05) is 0 Å². The maximum atomic E-state index is 11.5. The summed E-state index contributed by atoms with van der Waals surface area (Å²) in [4.78, 5) is 4.46. The summed E-state index contributed by atoms with van der Waals surface area (Å²) in [5, 5.41) is 23.8. The lowest BCUT2D eigenvalue weighted by Crippen LogP contribution is -2.40. The topological polar surface area (TPSA) is 114 Å². The van der Waals surface area contributed by atoms with Crippen LogP contribution in [0.15, 0.2) is 41.6 Å². The average molecular weight is 395 g/mol. The molecule has 27 heavy (non-hydrogen) atoms. The Labute approximate surface area is 158 Å². The third-order valence-corrected chi connectivity index (χ3v) is 6.09. The second-order valence-electron chi connectivity index (χ2n) is 6.97. The predicted molar refractivity (Wildman–Crippen MR) is 99.0 cm³/mol. The largest absolute Gasteiger partial charge is 0.493 e. The Morgan fingerprint density at radius 2 is 1.96 bits per heavy atom. The zero-order valence-electron chi connectivity index (χ0n) is 15.3. The Hall–Kier alpha value is -1.94. The molecule has 1 saturated carbocycles. The number of hydrogen-bond donors (Lipinski definition) is 3. The molecule has 2 aromatic rings. The molecule has 0 spiro atoms. The van der Waals surface area contributed by atoms with Crippen LogP contribution in [0, 0.1) is 5.92 Å². The molecule has 4 unspecified atom stereocenters. The van der Waals surface area contributed by atoms with E-state index < -0.39 is 22.0 Å². The normalized spacial score (nSPS) is 25.6. The molecule has 0 radical (unpaired) electrons. The second-order valence-corrected chi connectivity index (χ2v) is 8.99. The summed E-state index contributed by atoms with van der Waals surface area (Å²) in [7, 11) is -1.35. The number of aromatic nitrogens is 2. The molecule has 0 amide bonds. The van der Waals surface area contributed by atoms with Crippen molar-refractivity contribution < 1.29 is 23.4 Å². The first-order chi connectivity index (χ1) is 12.8. The average Bonchev–Trinajstić information content (AvgIpc) is 3.15. The maximum Gasteiger partial charge on any atom is 0.175 e. The number of benzene rings is 1. The first-order valence-electron chi connectivity index (χ1n) is 8.74. The van der Waals surface area contributed by atoms with Crippen LogP contribution in [0.5, 0.6) is 5.75 Å². The number of aliphatic hydroxyl groups excluding tert-OH is 2. The fraction of sp³-hybridized carbons (Fsp3) is 0.500. The minimum atomic E-state index is -3.25. The summed E-state index contributed by atoms with van der Waals surface area (Å²) in [5.41, 5.74) is 0. The SMILES string of the molecule is Cn1ccnc1CNC1CC(COc2ccc(S(C)(=O)=O)cc2)C(O)C1O. The van der Waals surface area contributed by atoms with Gasteiger partial charge in [0.1, 0.15) is 11.6 Å². The maximum absolute atomic E-state index is 11.5. The summed E-state index contributed by atoms with van der Waals surface area (Å²) in [5.74, 6) is 1.14. The lowest BCUT2D eigenvalue weighted by molar-refractivity contribution is 0.00199. The van der Waals surface area contributed by atoms with Crippen LogP contribution in [-0.2, 0) is 23.4 Å². The molecule has 3 N–H and O–H groups in total. The van der Waals surface area contributed by atoms with Gasteiger partial charge >= 0.3 is 0 Å². The molecule has 1 heterocycles. The van der Waals surface area contributed by atoms with Gasteiger partial charge in [0.25, 0.3) is 0 Å². The van der Waals surface area contributed by atoms with E-state index >= 15 is 0 Å². The number of aliphatic hydroxyl groups is 2. The minimum absolute atomic E-state index is 0.227. The van der Waals surface area contributed by atoms with E-state index in [1.807, 2.05) is 17.8 Å². The Balaban J connectivity index is 1.54. The lowest BCUT2D eigenvalue weighted by Gasteiger charge is -2.18. The molecular weight excluding hydrogens is 370 g/mol. The number of ether oxygens (including phenoxy) is 1. The van der Waals surface area contributed by atoms with E-state index in [0.717, 1.165) is 12.1 Å². The van der Waals surface area contributed by atoms with Crippen LogP contribution in [-0.4, -0.2) is 59.3 Å². The van der Waals surface area contributed by atoms with Crippen molar-refractivity contribution in [1.82, 2.24) is 14.9 Å². The zero-order valence-corrected chi connectivity index (χ0v) is 16.1. The second kappa shape index (κ2) is 7.97. The van der Waals surface area contributed by atoms with Crippen molar-refractivity contribution in [2.75, 3.05) is 12.9 Å². The van der Waals surface area contributed by atoms with Crippen LogP contribution >= 0.6 is 0 Å². The van der Waals surface area contributed by atoms with Crippen LogP contribution in [0.2, 0.25) is 0 Å². The van der Waals surface area contributed by atoms with Crippen molar-refractivity contribution in [2.24, 2.45) is 13.0 Å². The van der Waals surface area contributed by atoms with E-state index in [1.54, 1.807) is 18.3 Å². The van der Waals surface area contributed by atoms with Crippen molar-refractivity contribution in [3.05, 3.63) is 42.5 Å². The Bertz CT molecular complexity index is 865. The van der Waals surface area contributed by atoms with Crippen molar-refractivity contribution in [1.29, 1.82) is 0 Å². The molecule has 3 rings (SSSR count). The first kappa shape index (κ1) is 19.8.